The summed E-state index contributed by atoms with van der Waals surface area (Å²) >= 11 is 0. The van der Waals surface area contributed by atoms with Gasteiger partial charge in [-0.1, -0.05) is 66.7 Å². The number of nitrogens with one attached hydrogen (secondary N) is 2. The Bertz CT molecular complexity index is 1130. The van der Waals surface area contributed by atoms with E-state index >= 15 is 0 Å². The first-order valence-corrected chi connectivity index (χ1v) is 10.3. The minimum atomic E-state index is -0.162. The van der Waals surface area contributed by atoms with Gasteiger partial charge in [-0.25, -0.2) is 0 Å². The summed E-state index contributed by atoms with van der Waals surface area (Å²) in [5.74, 6) is 0.622. The molecule has 2 N–H and O–H groups in total. The molecule has 4 aromatic rings. The summed E-state index contributed by atoms with van der Waals surface area (Å²) in [5, 5.41) is 6.28. The van der Waals surface area contributed by atoms with E-state index in [1.807, 2.05) is 91.0 Å². The minimum Gasteiger partial charge on any atom is -0.493 e. The molecule has 0 aliphatic carbocycles. The standard InChI is InChI=1S/C27H24N2O2/c30-27(29-22-12-5-2-6-13-22)25-16-7-8-17-26(25)28-23-14-9-15-24(20-23)31-19-18-21-10-3-1-4-11-21/h1-17,20,28H,18-19H2,(H,29,30). The highest BCUT2D eigenvalue weighted by Gasteiger charge is 2.11. The van der Waals surface area contributed by atoms with Gasteiger partial charge >= 0.3 is 0 Å². The Hall–Kier alpha value is -4.05. The van der Waals surface area contributed by atoms with E-state index < -0.39 is 0 Å². The van der Waals surface area contributed by atoms with Crippen LogP contribution < -0.4 is 15.4 Å². The summed E-state index contributed by atoms with van der Waals surface area (Å²) in [4.78, 5) is 12.8. The summed E-state index contributed by atoms with van der Waals surface area (Å²) in [6.07, 6.45) is 0.848. The normalized spacial score (nSPS) is 10.3. The third-order valence-electron chi connectivity index (χ3n) is 4.82. The van der Waals surface area contributed by atoms with Gasteiger partial charge in [0.1, 0.15) is 5.75 Å². The number of carbonyl (C=O) groups excluding carboxylic acids is 1. The van der Waals surface area contributed by atoms with Crippen LogP contribution in [0.4, 0.5) is 17.1 Å². The van der Waals surface area contributed by atoms with Crippen molar-refractivity contribution in [3.05, 3.63) is 120 Å². The Morgan fingerprint density at radius 3 is 2.19 bits per heavy atom. The van der Waals surface area contributed by atoms with Crippen LogP contribution in [0, 0.1) is 0 Å². The van der Waals surface area contributed by atoms with E-state index in [2.05, 4.69) is 22.8 Å². The van der Waals surface area contributed by atoms with Crippen LogP contribution in [0.2, 0.25) is 0 Å². The van der Waals surface area contributed by atoms with Crippen LogP contribution in [-0.2, 0) is 6.42 Å². The molecular formula is C27H24N2O2. The Balaban J connectivity index is 1.42. The van der Waals surface area contributed by atoms with Crippen molar-refractivity contribution in [2.24, 2.45) is 0 Å². The molecule has 0 fully saturated rings. The van der Waals surface area contributed by atoms with E-state index in [4.69, 9.17) is 4.74 Å². The summed E-state index contributed by atoms with van der Waals surface area (Å²) in [6, 6.07) is 34.9. The van der Waals surface area contributed by atoms with E-state index in [9.17, 15) is 4.79 Å². The first-order chi connectivity index (χ1) is 15.3. The molecule has 4 nitrogen and oxygen atoms in total. The lowest BCUT2D eigenvalue weighted by atomic mass is 10.1. The zero-order chi connectivity index (χ0) is 21.3. The zero-order valence-corrected chi connectivity index (χ0v) is 17.1. The lowest BCUT2D eigenvalue weighted by Crippen LogP contribution is -2.13. The minimum absolute atomic E-state index is 0.162. The van der Waals surface area contributed by atoms with Gasteiger partial charge in [0.2, 0.25) is 0 Å². The number of carbonyl (C=O) groups is 1. The Labute approximate surface area is 182 Å². The van der Waals surface area contributed by atoms with Gasteiger partial charge in [0.05, 0.1) is 17.9 Å². The zero-order valence-electron chi connectivity index (χ0n) is 17.1. The van der Waals surface area contributed by atoms with Crippen molar-refractivity contribution in [1.29, 1.82) is 0 Å². The molecule has 0 aromatic heterocycles. The molecule has 0 radical (unpaired) electrons. The number of anilines is 3. The predicted molar refractivity (Wildman–Crippen MR) is 126 cm³/mol. The molecular weight excluding hydrogens is 384 g/mol. The molecule has 0 aliphatic heterocycles. The second-order valence-corrected chi connectivity index (χ2v) is 7.10. The molecule has 0 spiro atoms. The molecule has 4 heteroatoms. The van der Waals surface area contributed by atoms with Crippen LogP contribution in [0.5, 0.6) is 5.75 Å². The van der Waals surface area contributed by atoms with Gasteiger partial charge in [-0.3, -0.25) is 4.79 Å². The molecule has 0 saturated carbocycles. The largest absolute Gasteiger partial charge is 0.493 e. The first kappa shape index (κ1) is 20.2. The SMILES string of the molecule is O=C(Nc1ccccc1)c1ccccc1Nc1cccc(OCCc2ccccc2)c1. The van der Waals surface area contributed by atoms with Crippen LogP contribution >= 0.6 is 0 Å². The fourth-order valence-corrected chi connectivity index (χ4v) is 3.26. The van der Waals surface area contributed by atoms with Crippen molar-refractivity contribution >= 4 is 23.0 Å². The van der Waals surface area contributed by atoms with E-state index in [1.54, 1.807) is 6.07 Å². The average molecular weight is 409 g/mol. The Morgan fingerprint density at radius 2 is 1.39 bits per heavy atom. The van der Waals surface area contributed by atoms with Crippen LogP contribution in [0.3, 0.4) is 0 Å². The molecule has 0 saturated heterocycles. The maximum absolute atomic E-state index is 12.8. The van der Waals surface area contributed by atoms with E-state index in [0.717, 1.165) is 29.2 Å². The number of rotatable bonds is 8. The highest BCUT2D eigenvalue weighted by atomic mass is 16.5. The van der Waals surface area contributed by atoms with Gasteiger partial charge in [0.15, 0.2) is 0 Å². The van der Waals surface area contributed by atoms with E-state index in [-0.39, 0.29) is 5.91 Å². The van der Waals surface area contributed by atoms with E-state index in [0.29, 0.717) is 12.2 Å². The molecule has 31 heavy (non-hydrogen) atoms. The number of benzene rings is 4. The number of para-hydroxylation sites is 2. The summed E-state index contributed by atoms with van der Waals surface area (Å²) in [5.41, 5.74) is 4.17. The number of amides is 1. The van der Waals surface area contributed by atoms with Gasteiger partial charge in [0, 0.05) is 23.9 Å². The number of hydrogen-bond donors (Lipinski definition) is 2. The van der Waals surface area contributed by atoms with Gasteiger partial charge in [-0.15, -0.1) is 0 Å². The summed E-state index contributed by atoms with van der Waals surface area (Å²) < 4.78 is 5.93. The first-order valence-electron chi connectivity index (χ1n) is 10.3. The third kappa shape index (κ3) is 5.73. The predicted octanol–water partition coefficient (Wildman–Crippen LogP) is 6.30. The maximum Gasteiger partial charge on any atom is 0.257 e. The quantitative estimate of drug-likeness (QED) is 0.359. The Kier molecular flexibility index (Phi) is 6.61. The molecule has 4 aromatic carbocycles. The van der Waals surface area contributed by atoms with Crippen LogP contribution in [0.25, 0.3) is 0 Å². The smallest absolute Gasteiger partial charge is 0.257 e. The van der Waals surface area contributed by atoms with Gasteiger partial charge < -0.3 is 15.4 Å². The Morgan fingerprint density at radius 1 is 0.710 bits per heavy atom. The molecule has 0 aliphatic rings. The summed E-state index contributed by atoms with van der Waals surface area (Å²) in [7, 11) is 0. The second kappa shape index (κ2) is 10.1. The van der Waals surface area contributed by atoms with Gasteiger partial charge in [-0.2, -0.15) is 0 Å². The van der Waals surface area contributed by atoms with Crippen molar-refractivity contribution in [2.45, 2.75) is 6.42 Å². The van der Waals surface area contributed by atoms with E-state index in [1.165, 1.54) is 5.56 Å². The molecule has 0 heterocycles. The molecule has 1 amide bonds. The van der Waals surface area contributed by atoms with Gasteiger partial charge in [-0.05, 0) is 42.0 Å². The third-order valence-corrected chi connectivity index (χ3v) is 4.82. The average Bonchev–Trinajstić information content (AvgIpc) is 2.81. The molecule has 154 valence electrons. The monoisotopic (exact) mass is 408 g/mol. The molecule has 0 atom stereocenters. The van der Waals surface area contributed by atoms with Crippen LogP contribution in [0.1, 0.15) is 15.9 Å². The van der Waals surface area contributed by atoms with Crippen molar-refractivity contribution < 1.29 is 9.53 Å². The highest BCUT2D eigenvalue weighted by molar-refractivity contribution is 6.08. The maximum atomic E-state index is 12.8. The number of hydrogen-bond acceptors (Lipinski definition) is 3. The summed E-state index contributed by atoms with van der Waals surface area (Å²) in [6.45, 7) is 0.601. The fourth-order valence-electron chi connectivity index (χ4n) is 3.26. The second-order valence-electron chi connectivity index (χ2n) is 7.10. The van der Waals surface area contributed by atoms with Gasteiger partial charge in [0.25, 0.3) is 5.91 Å². The molecule has 0 unspecified atom stereocenters. The van der Waals surface area contributed by atoms with Crippen molar-refractivity contribution in [3.63, 3.8) is 0 Å². The molecule has 4 rings (SSSR count). The van der Waals surface area contributed by atoms with Crippen molar-refractivity contribution in [1.82, 2.24) is 0 Å². The van der Waals surface area contributed by atoms with Crippen LogP contribution in [0.15, 0.2) is 109 Å². The lowest BCUT2D eigenvalue weighted by molar-refractivity contribution is 0.102. The van der Waals surface area contributed by atoms with Crippen LogP contribution in [-0.4, -0.2) is 12.5 Å². The van der Waals surface area contributed by atoms with Crippen molar-refractivity contribution in [3.8, 4) is 5.75 Å². The highest BCUT2D eigenvalue weighted by Crippen LogP contribution is 2.25. The lowest BCUT2D eigenvalue weighted by Gasteiger charge is -2.13. The van der Waals surface area contributed by atoms with Crippen molar-refractivity contribution in [2.75, 3.05) is 17.2 Å². The number of ether oxygens (including phenoxy) is 1. The fraction of sp³-hybridized carbons (Fsp3) is 0.0741. The topological polar surface area (TPSA) is 50.4 Å². The molecule has 0 bridgehead atoms.